The third-order valence-corrected chi connectivity index (χ3v) is 7.07. The summed E-state index contributed by atoms with van der Waals surface area (Å²) in [5, 5.41) is 10.0. The Hall–Kier alpha value is -2.08. The fraction of sp³-hybridized carbons (Fsp3) is 0.619. The molecule has 0 saturated carbocycles. The molecular formula is C21H23ClF2N4O6S. The zero-order valence-electron chi connectivity index (χ0n) is 19.1. The summed E-state index contributed by atoms with van der Waals surface area (Å²) in [6, 6.07) is 3.64. The van der Waals surface area contributed by atoms with Crippen molar-refractivity contribution in [3.8, 4) is 6.07 Å². The molecule has 0 N–H and O–H groups in total. The van der Waals surface area contributed by atoms with E-state index in [0.29, 0.717) is 11.0 Å². The van der Waals surface area contributed by atoms with E-state index < -0.39 is 52.9 Å². The summed E-state index contributed by atoms with van der Waals surface area (Å²) in [6.45, 7) is 2.69. The van der Waals surface area contributed by atoms with E-state index in [1.165, 1.54) is 4.90 Å². The van der Waals surface area contributed by atoms with Crippen LogP contribution in [0.1, 0.15) is 32.1 Å². The number of nitrogens with zero attached hydrogens (tertiary/aromatic N) is 4. The lowest BCUT2D eigenvalue weighted by Gasteiger charge is -2.25. The minimum atomic E-state index is -3.72. The summed E-state index contributed by atoms with van der Waals surface area (Å²) in [4.78, 5) is 5.81. The Balaban J connectivity index is 1.56. The molecule has 2 aromatic rings. The van der Waals surface area contributed by atoms with E-state index in [0.717, 1.165) is 6.26 Å². The number of aromatic nitrogens is 2. The summed E-state index contributed by atoms with van der Waals surface area (Å²) >= 11 is 6.33. The highest BCUT2D eigenvalue weighted by molar-refractivity contribution is 7.85. The molecule has 3 aliphatic rings. The number of ether oxygens (including phenoxy) is 3. The predicted octanol–water partition coefficient (Wildman–Crippen LogP) is 2.80. The van der Waals surface area contributed by atoms with E-state index in [9.17, 15) is 22.5 Å². The Morgan fingerprint density at radius 2 is 2.06 bits per heavy atom. The molecule has 5 rings (SSSR count). The van der Waals surface area contributed by atoms with Crippen molar-refractivity contribution in [1.82, 2.24) is 9.55 Å². The summed E-state index contributed by atoms with van der Waals surface area (Å²) in [5.74, 6) is -3.85. The third-order valence-electron chi connectivity index (χ3n) is 6.23. The van der Waals surface area contributed by atoms with Gasteiger partial charge in [-0.25, -0.2) is 13.8 Å². The van der Waals surface area contributed by atoms with Crippen molar-refractivity contribution in [3.63, 3.8) is 0 Å². The molecule has 0 unspecified atom stereocenters. The Labute approximate surface area is 205 Å². The van der Waals surface area contributed by atoms with E-state index in [4.69, 9.17) is 30.0 Å². The molecule has 4 atom stereocenters. The Bertz CT molecular complexity index is 1330. The third kappa shape index (κ3) is 4.47. The zero-order valence-corrected chi connectivity index (χ0v) is 20.6. The van der Waals surface area contributed by atoms with Gasteiger partial charge < -0.3 is 23.7 Å². The van der Waals surface area contributed by atoms with Gasteiger partial charge in [0, 0.05) is 24.5 Å². The SMILES string of the molecule is CC1(C)O[C@@H]2[C@H](O1)[C@@H](COS(C)(=O)=O)O[C@H]2n1ccc2c(N3CCC(F)(F)C3)c(C#N)c(Cl)nc21. The first-order valence-electron chi connectivity index (χ1n) is 10.9. The van der Waals surface area contributed by atoms with Crippen LogP contribution in [-0.2, 0) is 28.5 Å². The van der Waals surface area contributed by atoms with E-state index in [-0.39, 0.29) is 36.0 Å². The topological polar surface area (TPSA) is 116 Å². The maximum atomic E-state index is 14.0. The number of halogens is 3. The first-order valence-corrected chi connectivity index (χ1v) is 13.1. The molecule has 0 aromatic carbocycles. The molecule has 3 aliphatic heterocycles. The quantitative estimate of drug-likeness (QED) is 0.423. The highest BCUT2D eigenvalue weighted by atomic mass is 35.5. The molecule has 0 spiro atoms. The lowest BCUT2D eigenvalue weighted by Crippen LogP contribution is -2.33. The van der Waals surface area contributed by atoms with Crippen LogP contribution in [0.2, 0.25) is 5.15 Å². The minimum absolute atomic E-state index is 0.0147. The van der Waals surface area contributed by atoms with Gasteiger partial charge in [0.25, 0.3) is 16.0 Å². The number of hydrogen-bond donors (Lipinski definition) is 0. The average Bonchev–Trinajstić information content (AvgIpc) is 3.46. The number of rotatable bonds is 5. The van der Waals surface area contributed by atoms with Crippen molar-refractivity contribution >= 4 is 38.4 Å². The molecular weight excluding hydrogens is 510 g/mol. The molecule has 3 fully saturated rings. The largest absolute Gasteiger partial charge is 0.364 e. The Kier molecular flexibility index (Phi) is 5.78. The lowest BCUT2D eigenvalue weighted by molar-refractivity contribution is -0.198. The molecule has 10 nitrogen and oxygen atoms in total. The van der Waals surface area contributed by atoms with Crippen molar-refractivity contribution in [2.75, 3.05) is 30.9 Å². The van der Waals surface area contributed by atoms with Crippen molar-refractivity contribution in [2.45, 2.75) is 56.5 Å². The van der Waals surface area contributed by atoms with E-state index in [1.807, 2.05) is 6.07 Å². The Morgan fingerprint density at radius 1 is 1.34 bits per heavy atom. The summed E-state index contributed by atoms with van der Waals surface area (Å²) in [5.41, 5.74) is 0.607. The molecule has 2 aromatic heterocycles. The lowest BCUT2D eigenvalue weighted by atomic mass is 10.1. The number of nitriles is 1. The fourth-order valence-electron chi connectivity index (χ4n) is 4.89. The van der Waals surface area contributed by atoms with Gasteiger partial charge in [0.1, 0.15) is 35.6 Å². The zero-order chi connectivity index (χ0) is 25.3. The van der Waals surface area contributed by atoms with Crippen molar-refractivity contribution < 1.29 is 35.6 Å². The van der Waals surface area contributed by atoms with Crippen LogP contribution >= 0.6 is 11.6 Å². The molecule has 3 saturated heterocycles. The van der Waals surface area contributed by atoms with Gasteiger partial charge in [0.2, 0.25) is 0 Å². The second-order valence-corrected chi connectivity index (χ2v) is 11.3. The van der Waals surface area contributed by atoms with E-state index in [1.54, 1.807) is 30.7 Å². The van der Waals surface area contributed by atoms with E-state index >= 15 is 0 Å². The first kappa shape index (κ1) is 24.6. The Morgan fingerprint density at radius 3 is 2.69 bits per heavy atom. The van der Waals surface area contributed by atoms with Gasteiger partial charge in [-0.3, -0.25) is 4.18 Å². The number of fused-ring (bicyclic) bond motifs is 2. The molecule has 14 heteroatoms. The number of anilines is 1. The van der Waals surface area contributed by atoms with Crippen LogP contribution in [0.3, 0.4) is 0 Å². The van der Waals surface area contributed by atoms with Crippen LogP contribution in [0.15, 0.2) is 12.3 Å². The van der Waals surface area contributed by atoms with Gasteiger partial charge in [0.15, 0.2) is 17.2 Å². The van der Waals surface area contributed by atoms with Gasteiger partial charge in [-0.1, -0.05) is 11.6 Å². The maximum Gasteiger partial charge on any atom is 0.266 e. The van der Waals surface area contributed by atoms with Gasteiger partial charge in [0.05, 0.1) is 25.1 Å². The standard InChI is InChI=1S/C21H23ClF2N4O6S/c1-20(2)33-15-13(9-31-35(3,29)30)32-19(16(15)34-20)28-6-4-11-14(27-7-5-21(23,24)10-27)12(8-25)17(22)26-18(11)28/h4,6,13,15-16,19H,5,7,9-10H2,1-3H3/t13-,15-,16-,19-/m1/s1. The van der Waals surface area contributed by atoms with E-state index in [2.05, 4.69) is 4.98 Å². The van der Waals surface area contributed by atoms with Gasteiger partial charge in [-0.05, 0) is 19.9 Å². The van der Waals surface area contributed by atoms with Crippen LogP contribution in [0.5, 0.6) is 0 Å². The van der Waals surface area contributed by atoms with Crippen LogP contribution < -0.4 is 4.90 Å². The highest BCUT2D eigenvalue weighted by Crippen LogP contribution is 2.46. The van der Waals surface area contributed by atoms with Crippen molar-refractivity contribution in [2.24, 2.45) is 0 Å². The fourth-order valence-corrected chi connectivity index (χ4v) is 5.48. The van der Waals surface area contributed by atoms with Gasteiger partial charge in [-0.15, -0.1) is 0 Å². The maximum absolute atomic E-state index is 14.0. The second kappa shape index (κ2) is 8.22. The van der Waals surface area contributed by atoms with Crippen molar-refractivity contribution in [1.29, 1.82) is 5.26 Å². The molecule has 0 bridgehead atoms. The highest BCUT2D eigenvalue weighted by Gasteiger charge is 2.56. The monoisotopic (exact) mass is 532 g/mol. The molecule has 0 aliphatic carbocycles. The number of pyridine rings is 1. The van der Waals surface area contributed by atoms with Gasteiger partial charge in [-0.2, -0.15) is 13.7 Å². The van der Waals surface area contributed by atoms with Crippen LogP contribution in [-0.4, -0.2) is 73.9 Å². The molecule has 190 valence electrons. The van der Waals surface area contributed by atoms with Crippen LogP contribution in [0.25, 0.3) is 11.0 Å². The van der Waals surface area contributed by atoms with Crippen LogP contribution in [0.4, 0.5) is 14.5 Å². The first-order chi connectivity index (χ1) is 16.3. The minimum Gasteiger partial charge on any atom is -0.364 e. The summed E-state index contributed by atoms with van der Waals surface area (Å²) in [7, 11) is -3.72. The summed E-state index contributed by atoms with van der Waals surface area (Å²) < 4.78 is 75.8. The van der Waals surface area contributed by atoms with Gasteiger partial charge >= 0.3 is 0 Å². The van der Waals surface area contributed by atoms with Crippen molar-refractivity contribution in [3.05, 3.63) is 23.0 Å². The average molecular weight is 533 g/mol. The second-order valence-electron chi connectivity index (χ2n) is 9.34. The molecule has 0 amide bonds. The number of alkyl halides is 2. The predicted molar refractivity (Wildman–Crippen MR) is 120 cm³/mol. The molecule has 35 heavy (non-hydrogen) atoms. The van der Waals surface area contributed by atoms with Crippen LogP contribution in [0, 0.1) is 11.3 Å². The molecule has 5 heterocycles. The number of hydrogen-bond acceptors (Lipinski definition) is 9. The normalized spacial score (nSPS) is 29.6. The summed E-state index contributed by atoms with van der Waals surface area (Å²) in [6.07, 6.45) is -0.624. The molecule has 0 radical (unpaired) electrons. The smallest absolute Gasteiger partial charge is 0.266 e.